The van der Waals surface area contributed by atoms with Gasteiger partial charge in [0.2, 0.25) is 5.95 Å². The van der Waals surface area contributed by atoms with Crippen molar-refractivity contribution in [3.63, 3.8) is 0 Å². The Bertz CT molecular complexity index is 1110. The van der Waals surface area contributed by atoms with Crippen molar-refractivity contribution in [1.29, 1.82) is 0 Å². The molecule has 0 spiro atoms. The van der Waals surface area contributed by atoms with Crippen LogP contribution in [0.25, 0.3) is 22.5 Å². The number of nitrogens with zero attached hydrogens (tertiary/aromatic N) is 4. The minimum atomic E-state index is -1.06. The lowest BCUT2D eigenvalue weighted by atomic mass is 10.0. The Kier molecular flexibility index (Phi) is 6.54. The predicted molar refractivity (Wildman–Crippen MR) is 123 cm³/mol. The Morgan fingerprint density at radius 1 is 0.806 bits per heavy atom. The molecule has 2 unspecified atom stereocenters. The molecule has 1 N–H and O–H groups in total. The lowest BCUT2D eigenvalue weighted by Gasteiger charge is -2.29. The molecule has 1 aliphatic heterocycles. The average molecular weight is 457 g/mol. The lowest BCUT2D eigenvalue weighted by molar-refractivity contribution is 0.145. The highest BCUT2D eigenvalue weighted by atomic mass is 32.2. The van der Waals surface area contributed by atoms with E-state index in [4.69, 9.17) is 4.98 Å². The van der Waals surface area contributed by atoms with Crippen molar-refractivity contribution in [2.24, 2.45) is 0 Å². The highest BCUT2D eigenvalue weighted by Crippen LogP contribution is 2.31. The van der Waals surface area contributed by atoms with Crippen LogP contribution in [-0.4, -0.2) is 60.4 Å². The van der Waals surface area contributed by atoms with Crippen molar-refractivity contribution in [3.05, 3.63) is 48.5 Å². The summed E-state index contributed by atoms with van der Waals surface area (Å²) in [5, 5.41) is 18.7. The molecule has 1 fully saturated rings. The van der Waals surface area contributed by atoms with Crippen LogP contribution in [0.4, 0.5) is 5.95 Å². The molecule has 7 nitrogen and oxygen atoms in total. The number of hydrogen-bond donors (Lipinski definition) is 1. The van der Waals surface area contributed by atoms with Crippen LogP contribution >= 0.6 is 0 Å². The quantitative estimate of drug-likeness (QED) is 0.630. The number of aliphatic hydroxyl groups excluding tert-OH is 1. The number of aromatic nitrogens is 3. The second-order valence-corrected chi connectivity index (χ2v) is 10.2. The van der Waals surface area contributed by atoms with Gasteiger partial charge in [-0.25, -0.2) is 4.98 Å². The fraction of sp³-hybridized carbons (Fsp3) is 0.318. The Labute approximate surface area is 186 Å². The highest BCUT2D eigenvalue weighted by Gasteiger charge is 2.22. The summed E-state index contributed by atoms with van der Waals surface area (Å²) in [6.07, 6.45) is 4.35. The molecule has 2 aromatic carbocycles. The predicted octanol–water partition coefficient (Wildman–Crippen LogP) is 2.64. The summed E-state index contributed by atoms with van der Waals surface area (Å²) < 4.78 is 23.5. The fourth-order valence-corrected chi connectivity index (χ4v) is 4.56. The standard InChI is InChI=1S/C22H24N4O3S2/c1-30(28)18-7-3-15(4-8-18)20-21(16-5-9-19(10-6-16)31(2)29)24-25-22(23-20)26-13-11-17(27)12-14-26/h3-10,17,27H,11-14H2,1-2H3. The maximum Gasteiger partial charge on any atom is 0.245 e. The van der Waals surface area contributed by atoms with Gasteiger partial charge in [0.1, 0.15) is 11.4 Å². The van der Waals surface area contributed by atoms with Gasteiger partial charge in [-0.05, 0) is 37.1 Å². The first-order valence-corrected chi connectivity index (χ1v) is 13.1. The summed E-state index contributed by atoms with van der Waals surface area (Å²) in [6, 6.07) is 14.8. The normalized spacial score (nSPS) is 16.8. The molecule has 0 bridgehead atoms. The Balaban J connectivity index is 1.78. The Morgan fingerprint density at radius 2 is 1.29 bits per heavy atom. The van der Waals surface area contributed by atoms with Crippen LogP contribution in [0.3, 0.4) is 0 Å². The molecule has 1 aromatic heterocycles. The van der Waals surface area contributed by atoms with E-state index in [0.29, 0.717) is 43.3 Å². The van der Waals surface area contributed by atoms with Crippen LogP contribution in [0.5, 0.6) is 0 Å². The van der Waals surface area contributed by atoms with E-state index in [-0.39, 0.29) is 6.10 Å². The lowest BCUT2D eigenvalue weighted by Crippen LogP contribution is -2.37. The number of aliphatic hydroxyl groups is 1. The van der Waals surface area contributed by atoms with Crippen molar-refractivity contribution in [2.75, 3.05) is 30.5 Å². The fourth-order valence-electron chi connectivity index (χ4n) is 3.52. The molecule has 31 heavy (non-hydrogen) atoms. The van der Waals surface area contributed by atoms with Gasteiger partial charge >= 0.3 is 0 Å². The average Bonchev–Trinajstić information content (AvgIpc) is 2.79. The van der Waals surface area contributed by atoms with Crippen molar-refractivity contribution < 1.29 is 13.5 Å². The zero-order valence-corrected chi connectivity index (χ0v) is 19.0. The van der Waals surface area contributed by atoms with E-state index < -0.39 is 21.6 Å². The molecule has 4 rings (SSSR count). The summed E-state index contributed by atoms with van der Waals surface area (Å²) in [7, 11) is -2.12. The molecule has 0 radical (unpaired) electrons. The monoisotopic (exact) mass is 456 g/mol. The molecule has 2 heterocycles. The zero-order valence-electron chi connectivity index (χ0n) is 17.4. The maximum atomic E-state index is 11.8. The van der Waals surface area contributed by atoms with Crippen molar-refractivity contribution >= 4 is 27.5 Å². The molecular formula is C22H24N4O3S2. The van der Waals surface area contributed by atoms with Crippen LogP contribution in [0.1, 0.15) is 12.8 Å². The largest absolute Gasteiger partial charge is 0.393 e. The molecule has 2 atom stereocenters. The molecule has 162 valence electrons. The van der Waals surface area contributed by atoms with Gasteiger partial charge in [0.25, 0.3) is 0 Å². The number of anilines is 1. The smallest absolute Gasteiger partial charge is 0.245 e. The van der Waals surface area contributed by atoms with Crippen LogP contribution in [0.15, 0.2) is 58.3 Å². The third kappa shape index (κ3) is 4.89. The summed E-state index contributed by atoms with van der Waals surface area (Å²) in [6.45, 7) is 1.35. The summed E-state index contributed by atoms with van der Waals surface area (Å²) in [5.41, 5.74) is 2.98. The van der Waals surface area contributed by atoms with Crippen LogP contribution in [0, 0.1) is 0 Å². The second kappa shape index (κ2) is 9.33. The van der Waals surface area contributed by atoms with Crippen molar-refractivity contribution in [2.45, 2.75) is 28.7 Å². The molecule has 1 aliphatic rings. The number of benzene rings is 2. The molecule has 0 aliphatic carbocycles. The summed E-state index contributed by atoms with van der Waals surface area (Å²) >= 11 is 0. The first-order valence-electron chi connectivity index (χ1n) is 9.98. The Morgan fingerprint density at radius 3 is 1.77 bits per heavy atom. The molecule has 0 amide bonds. The maximum absolute atomic E-state index is 11.8. The van der Waals surface area contributed by atoms with E-state index in [1.807, 2.05) is 53.4 Å². The van der Waals surface area contributed by atoms with E-state index >= 15 is 0 Å². The van der Waals surface area contributed by atoms with Gasteiger partial charge in [0.15, 0.2) is 0 Å². The number of rotatable bonds is 5. The van der Waals surface area contributed by atoms with Crippen LogP contribution in [-0.2, 0) is 21.6 Å². The van der Waals surface area contributed by atoms with Crippen LogP contribution in [0.2, 0.25) is 0 Å². The molecular weight excluding hydrogens is 432 g/mol. The van der Waals surface area contributed by atoms with Gasteiger partial charge in [-0.1, -0.05) is 24.3 Å². The molecule has 1 saturated heterocycles. The third-order valence-corrected chi connectivity index (χ3v) is 7.21. The van der Waals surface area contributed by atoms with Crippen LogP contribution < -0.4 is 4.90 Å². The summed E-state index contributed by atoms with van der Waals surface area (Å²) in [4.78, 5) is 8.35. The van der Waals surface area contributed by atoms with E-state index in [1.54, 1.807) is 12.5 Å². The van der Waals surface area contributed by atoms with Gasteiger partial charge in [0, 0.05) is 68.1 Å². The highest BCUT2D eigenvalue weighted by molar-refractivity contribution is 7.84. The topological polar surface area (TPSA) is 96.3 Å². The van der Waals surface area contributed by atoms with Gasteiger partial charge in [-0.3, -0.25) is 8.42 Å². The molecule has 0 saturated carbocycles. The minimum Gasteiger partial charge on any atom is -0.393 e. The van der Waals surface area contributed by atoms with E-state index in [0.717, 1.165) is 20.9 Å². The molecule has 9 heteroatoms. The SMILES string of the molecule is CS(=O)c1ccc(-c2nnc(N3CCC(O)CC3)nc2-c2ccc(S(C)=O)cc2)cc1. The van der Waals surface area contributed by atoms with E-state index in [9.17, 15) is 13.5 Å². The van der Waals surface area contributed by atoms with Gasteiger partial charge in [0.05, 0.1) is 6.10 Å². The molecule has 3 aromatic rings. The second-order valence-electron chi connectivity index (χ2n) is 7.48. The minimum absolute atomic E-state index is 0.284. The van der Waals surface area contributed by atoms with Crippen molar-refractivity contribution in [1.82, 2.24) is 15.2 Å². The van der Waals surface area contributed by atoms with Gasteiger partial charge < -0.3 is 10.0 Å². The number of hydrogen-bond acceptors (Lipinski definition) is 7. The van der Waals surface area contributed by atoms with Gasteiger partial charge in [-0.2, -0.15) is 0 Å². The van der Waals surface area contributed by atoms with E-state index in [1.165, 1.54) is 0 Å². The van der Waals surface area contributed by atoms with Gasteiger partial charge in [-0.15, -0.1) is 10.2 Å². The zero-order chi connectivity index (χ0) is 22.0. The first kappa shape index (κ1) is 21.7. The van der Waals surface area contributed by atoms with Crippen molar-refractivity contribution in [3.8, 4) is 22.5 Å². The number of piperidine rings is 1. The first-order chi connectivity index (χ1) is 14.9. The Hall–Kier alpha value is -2.49. The summed E-state index contributed by atoms with van der Waals surface area (Å²) in [5.74, 6) is 0.528. The third-order valence-electron chi connectivity index (χ3n) is 5.34. The van der Waals surface area contributed by atoms with E-state index in [2.05, 4.69) is 10.2 Å².